The van der Waals surface area contributed by atoms with Crippen molar-refractivity contribution in [3.8, 4) is 0 Å². The Kier molecular flexibility index (Phi) is 7.35. The summed E-state index contributed by atoms with van der Waals surface area (Å²) in [5, 5.41) is 12.0. The van der Waals surface area contributed by atoms with Gasteiger partial charge in [0.1, 0.15) is 0 Å². The second-order valence-electron chi connectivity index (χ2n) is 6.29. The fraction of sp³-hybridized carbons (Fsp3) is 0.350. The lowest BCUT2D eigenvalue weighted by atomic mass is 10.1. The number of hydrogen-bond donors (Lipinski definition) is 2. The van der Waals surface area contributed by atoms with E-state index in [2.05, 4.69) is 85.7 Å². The van der Waals surface area contributed by atoms with Gasteiger partial charge in [-0.05, 0) is 36.7 Å². The lowest BCUT2D eigenvalue weighted by molar-refractivity contribution is 0.331. The fourth-order valence-corrected chi connectivity index (χ4v) is 3.09. The van der Waals surface area contributed by atoms with Crippen molar-refractivity contribution in [2.24, 2.45) is 0 Å². The van der Waals surface area contributed by atoms with Crippen LogP contribution in [0.1, 0.15) is 25.0 Å². The van der Waals surface area contributed by atoms with Gasteiger partial charge < -0.3 is 10.2 Å². The first-order chi connectivity index (χ1) is 11.5. The van der Waals surface area contributed by atoms with Gasteiger partial charge in [-0.1, -0.05) is 68.1 Å². The molecule has 0 aliphatic carbocycles. The topological polar surface area (TPSA) is 39.1 Å². The summed E-state index contributed by atoms with van der Waals surface area (Å²) in [6, 6.07) is 19.0. The van der Waals surface area contributed by atoms with Gasteiger partial charge in [0, 0.05) is 24.0 Å². The molecule has 0 spiro atoms. The van der Waals surface area contributed by atoms with Crippen molar-refractivity contribution in [1.82, 2.24) is 4.90 Å². The minimum atomic E-state index is 0.421. The molecule has 2 rings (SSSR count). The number of anilines is 1. The molecule has 2 N–H and O–H groups in total. The van der Waals surface area contributed by atoms with Crippen molar-refractivity contribution in [2.45, 2.75) is 32.1 Å². The van der Waals surface area contributed by atoms with Gasteiger partial charge in [-0.25, -0.2) is 0 Å². The molecular formula is C20H27N3S. The SMILES string of the molecule is CC(C)SC(=N)Nc1ccc(CCN(C)Cc2ccccc2)cc1. The summed E-state index contributed by atoms with van der Waals surface area (Å²) >= 11 is 1.53. The molecular weight excluding hydrogens is 314 g/mol. The summed E-state index contributed by atoms with van der Waals surface area (Å²) in [6.45, 7) is 6.19. The third-order valence-electron chi connectivity index (χ3n) is 3.64. The molecule has 128 valence electrons. The van der Waals surface area contributed by atoms with Gasteiger partial charge in [0.2, 0.25) is 0 Å². The van der Waals surface area contributed by atoms with Crippen LogP contribution in [0.4, 0.5) is 5.69 Å². The van der Waals surface area contributed by atoms with E-state index in [4.69, 9.17) is 5.41 Å². The highest BCUT2D eigenvalue weighted by Crippen LogP contribution is 2.16. The number of hydrogen-bond acceptors (Lipinski definition) is 3. The molecule has 3 nitrogen and oxygen atoms in total. The van der Waals surface area contributed by atoms with E-state index in [1.54, 1.807) is 0 Å². The number of nitrogens with zero attached hydrogens (tertiary/aromatic N) is 1. The Bertz CT molecular complexity index is 623. The summed E-state index contributed by atoms with van der Waals surface area (Å²) in [5.41, 5.74) is 3.65. The van der Waals surface area contributed by atoms with Crippen LogP contribution >= 0.6 is 11.8 Å². The molecule has 2 aromatic carbocycles. The van der Waals surface area contributed by atoms with E-state index < -0.39 is 0 Å². The first-order valence-electron chi connectivity index (χ1n) is 8.36. The Labute approximate surface area is 150 Å². The van der Waals surface area contributed by atoms with E-state index in [0.717, 1.165) is 25.2 Å². The average molecular weight is 342 g/mol. The third-order valence-corrected chi connectivity index (χ3v) is 4.45. The first-order valence-corrected chi connectivity index (χ1v) is 9.24. The smallest absolute Gasteiger partial charge is 0.158 e. The largest absolute Gasteiger partial charge is 0.335 e. The highest BCUT2D eigenvalue weighted by atomic mass is 32.2. The van der Waals surface area contributed by atoms with E-state index in [1.165, 1.54) is 22.9 Å². The van der Waals surface area contributed by atoms with Gasteiger partial charge in [-0.2, -0.15) is 0 Å². The number of likely N-dealkylation sites (N-methyl/N-ethyl adjacent to an activating group) is 1. The minimum absolute atomic E-state index is 0.421. The summed E-state index contributed by atoms with van der Waals surface area (Å²) in [5.74, 6) is 0. The zero-order valence-corrected chi connectivity index (χ0v) is 15.6. The molecule has 0 fully saturated rings. The highest BCUT2D eigenvalue weighted by Gasteiger charge is 2.04. The molecule has 2 aromatic rings. The third kappa shape index (κ3) is 6.77. The van der Waals surface area contributed by atoms with Crippen molar-refractivity contribution in [1.29, 1.82) is 5.41 Å². The maximum atomic E-state index is 7.90. The number of amidine groups is 1. The number of nitrogens with one attached hydrogen (secondary N) is 2. The summed E-state index contributed by atoms with van der Waals surface area (Å²) in [6.07, 6.45) is 1.03. The molecule has 0 heterocycles. The standard InChI is InChI=1S/C20H27N3S/c1-16(2)24-20(21)22-19-11-9-17(10-12-19)13-14-23(3)15-18-7-5-4-6-8-18/h4-12,16H,13-15H2,1-3H3,(H2,21,22). The van der Waals surface area contributed by atoms with E-state index in [0.29, 0.717) is 10.4 Å². The maximum Gasteiger partial charge on any atom is 0.158 e. The van der Waals surface area contributed by atoms with Crippen LogP contribution in [0.3, 0.4) is 0 Å². The Morgan fingerprint density at radius 3 is 2.33 bits per heavy atom. The number of benzene rings is 2. The molecule has 0 saturated carbocycles. The minimum Gasteiger partial charge on any atom is -0.335 e. The van der Waals surface area contributed by atoms with Gasteiger partial charge in [0.05, 0.1) is 0 Å². The van der Waals surface area contributed by atoms with Gasteiger partial charge in [-0.3, -0.25) is 5.41 Å². The predicted octanol–water partition coefficient (Wildman–Crippen LogP) is 4.85. The van der Waals surface area contributed by atoms with Crippen molar-refractivity contribution in [3.05, 3.63) is 65.7 Å². The zero-order chi connectivity index (χ0) is 17.4. The normalized spacial score (nSPS) is 11.0. The van der Waals surface area contributed by atoms with Crippen molar-refractivity contribution < 1.29 is 0 Å². The predicted molar refractivity (Wildman–Crippen MR) is 107 cm³/mol. The molecule has 0 aliphatic heterocycles. The first kappa shape index (κ1) is 18.6. The second kappa shape index (κ2) is 9.50. The summed E-state index contributed by atoms with van der Waals surface area (Å²) in [7, 11) is 2.16. The molecule has 4 heteroatoms. The molecule has 0 aliphatic rings. The van der Waals surface area contributed by atoms with E-state index in [9.17, 15) is 0 Å². The zero-order valence-electron chi connectivity index (χ0n) is 14.8. The van der Waals surface area contributed by atoms with E-state index in [1.807, 2.05) is 0 Å². The Morgan fingerprint density at radius 1 is 1.04 bits per heavy atom. The lowest BCUT2D eigenvalue weighted by Gasteiger charge is -2.17. The molecule has 0 bridgehead atoms. The number of thioether (sulfide) groups is 1. The second-order valence-corrected chi connectivity index (χ2v) is 7.88. The van der Waals surface area contributed by atoms with Gasteiger partial charge in [-0.15, -0.1) is 0 Å². The van der Waals surface area contributed by atoms with Crippen LogP contribution in [0.25, 0.3) is 0 Å². The van der Waals surface area contributed by atoms with Crippen molar-refractivity contribution >= 4 is 22.6 Å². The molecule has 0 unspecified atom stereocenters. The van der Waals surface area contributed by atoms with Crippen molar-refractivity contribution in [2.75, 3.05) is 18.9 Å². The molecule has 24 heavy (non-hydrogen) atoms. The molecule has 0 aromatic heterocycles. The van der Waals surface area contributed by atoms with Crippen LogP contribution in [0.2, 0.25) is 0 Å². The monoisotopic (exact) mass is 341 g/mol. The molecule has 0 saturated heterocycles. The van der Waals surface area contributed by atoms with Crippen LogP contribution < -0.4 is 5.32 Å². The van der Waals surface area contributed by atoms with Crippen LogP contribution in [0, 0.1) is 5.41 Å². The van der Waals surface area contributed by atoms with E-state index in [-0.39, 0.29) is 0 Å². The highest BCUT2D eigenvalue weighted by molar-refractivity contribution is 8.14. The molecule has 0 amide bonds. The Morgan fingerprint density at radius 2 is 1.71 bits per heavy atom. The lowest BCUT2D eigenvalue weighted by Crippen LogP contribution is -2.20. The Balaban J connectivity index is 1.78. The molecule has 0 atom stereocenters. The van der Waals surface area contributed by atoms with Crippen LogP contribution in [0.5, 0.6) is 0 Å². The Hall–Kier alpha value is -1.78. The average Bonchev–Trinajstić information content (AvgIpc) is 2.54. The number of rotatable bonds is 7. The summed E-state index contributed by atoms with van der Waals surface area (Å²) in [4.78, 5) is 2.34. The van der Waals surface area contributed by atoms with Crippen LogP contribution in [-0.4, -0.2) is 28.9 Å². The molecule has 0 radical (unpaired) electrons. The van der Waals surface area contributed by atoms with Crippen LogP contribution in [0.15, 0.2) is 54.6 Å². The van der Waals surface area contributed by atoms with Gasteiger partial charge in [0.25, 0.3) is 0 Å². The van der Waals surface area contributed by atoms with Crippen molar-refractivity contribution in [3.63, 3.8) is 0 Å². The maximum absolute atomic E-state index is 7.90. The van der Waals surface area contributed by atoms with Gasteiger partial charge >= 0.3 is 0 Å². The van der Waals surface area contributed by atoms with E-state index >= 15 is 0 Å². The summed E-state index contributed by atoms with van der Waals surface area (Å²) < 4.78 is 0. The van der Waals surface area contributed by atoms with Gasteiger partial charge in [0.15, 0.2) is 5.17 Å². The van der Waals surface area contributed by atoms with Crippen LogP contribution in [-0.2, 0) is 13.0 Å². The fourth-order valence-electron chi connectivity index (χ4n) is 2.45. The quantitative estimate of drug-likeness (QED) is 0.558.